The minimum absolute atomic E-state index is 0.129. The van der Waals surface area contributed by atoms with Gasteiger partial charge in [-0.2, -0.15) is 22.5 Å². The smallest absolute Gasteiger partial charge is 0.232 e. The average molecular weight is 221 g/mol. The Kier molecular flexibility index (Phi) is 1.97. The summed E-state index contributed by atoms with van der Waals surface area (Å²) in [7, 11) is 0.280. The maximum absolute atomic E-state index is 13.3. The molecule has 0 aliphatic carbocycles. The first-order chi connectivity index (χ1) is 5.90. The molecule has 1 rings (SSSR count). The largest absolute Gasteiger partial charge is 0.346 e. The first kappa shape index (κ1) is 11.6. The zero-order valence-electron chi connectivity index (χ0n) is 7.72. The molecule has 0 amide bonds. The number of rotatable bonds is 0. The molecule has 0 saturated carbocycles. The van der Waals surface area contributed by atoms with Gasteiger partial charge in [0.05, 0.1) is 0 Å². The molecule has 0 radical (unpaired) electrons. The summed E-state index contributed by atoms with van der Waals surface area (Å²) >= 11 is 0. The third-order valence-corrected chi connectivity index (χ3v) is 2.85. The van der Waals surface area contributed by atoms with E-state index in [-0.39, 0.29) is 20.9 Å². The van der Waals surface area contributed by atoms with Crippen LogP contribution in [0.2, 0.25) is 0 Å². The lowest BCUT2D eigenvalue weighted by Gasteiger charge is -2.29. The molecule has 1 heterocycles. The maximum Gasteiger partial charge on any atom is 0.346 e. The van der Waals surface area contributed by atoms with Crippen LogP contribution in [-0.4, -0.2) is 35.4 Å². The van der Waals surface area contributed by atoms with Crippen LogP contribution in [0.1, 0.15) is 13.8 Å². The van der Waals surface area contributed by atoms with E-state index in [2.05, 4.69) is 0 Å². The quantitative estimate of drug-likeness (QED) is 0.449. The van der Waals surface area contributed by atoms with Crippen molar-refractivity contribution in [2.45, 2.75) is 37.3 Å². The Morgan fingerprint density at radius 2 is 0.929 bits per heavy atom. The van der Waals surface area contributed by atoms with Gasteiger partial charge in [-0.1, -0.05) is 0 Å². The van der Waals surface area contributed by atoms with E-state index in [0.717, 1.165) is 0 Å². The third-order valence-electron chi connectivity index (χ3n) is 2.85. The van der Waals surface area contributed by atoms with Crippen molar-refractivity contribution in [2.24, 2.45) is 0 Å². The molecule has 1 saturated heterocycles. The standard InChI is InChI=1S/C7H9F6N/c1-4(8)5(2,9)7(12,13)14(3)6(4,10)11/h1-3H3. The van der Waals surface area contributed by atoms with Crippen molar-refractivity contribution < 1.29 is 26.3 Å². The van der Waals surface area contributed by atoms with Gasteiger partial charge < -0.3 is 0 Å². The molecule has 1 aliphatic heterocycles. The number of alkyl halides is 6. The highest BCUT2D eigenvalue weighted by molar-refractivity contribution is 5.16. The van der Waals surface area contributed by atoms with Gasteiger partial charge in [-0.3, -0.25) is 0 Å². The van der Waals surface area contributed by atoms with E-state index in [0.29, 0.717) is 0 Å². The molecular formula is C7H9F6N. The maximum atomic E-state index is 13.3. The fourth-order valence-corrected chi connectivity index (χ4v) is 1.37. The monoisotopic (exact) mass is 221 g/mol. The third kappa shape index (κ3) is 0.863. The Morgan fingerprint density at radius 3 is 1.00 bits per heavy atom. The second-order valence-electron chi connectivity index (χ2n) is 3.65. The summed E-state index contributed by atoms with van der Waals surface area (Å²) in [5.41, 5.74) is -7.86. The lowest BCUT2D eigenvalue weighted by molar-refractivity contribution is -0.241. The van der Waals surface area contributed by atoms with Gasteiger partial charge in [0.2, 0.25) is 11.3 Å². The Bertz CT molecular complexity index is 233. The van der Waals surface area contributed by atoms with Gasteiger partial charge in [0, 0.05) is 0 Å². The zero-order valence-corrected chi connectivity index (χ0v) is 7.72. The number of hydrogen-bond acceptors (Lipinski definition) is 1. The SMILES string of the molecule is CN1C(F)(F)C(C)(F)C(C)(F)C1(F)F. The first-order valence-electron chi connectivity index (χ1n) is 3.78. The fourth-order valence-electron chi connectivity index (χ4n) is 1.37. The summed E-state index contributed by atoms with van der Waals surface area (Å²) in [6.07, 6.45) is 0. The van der Waals surface area contributed by atoms with Crippen molar-refractivity contribution in [3.8, 4) is 0 Å². The summed E-state index contributed by atoms with van der Waals surface area (Å²) in [6, 6.07) is -9.08. The molecule has 14 heavy (non-hydrogen) atoms. The Hall–Kier alpha value is -0.460. The molecule has 0 bridgehead atoms. The lowest BCUT2D eigenvalue weighted by Crippen LogP contribution is -2.53. The average Bonchev–Trinajstić information content (AvgIpc) is 2.05. The minimum Gasteiger partial charge on any atom is -0.232 e. The number of halogens is 6. The van der Waals surface area contributed by atoms with E-state index in [1.165, 1.54) is 0 Å². The van der Waals surface area contributed by atoms with Crippen LogP contribution in [0.5, 0.6) is 0 Å². The van der Waals surface area contributed by atoms with Gasteiger partial charge in [-0.25, -0.2) is 8.78 Å². The predicted molar refractivity (Wildman–Crippen MR) is 36.7 cm³/mol. The van der Waals surface area contributed by atoms with E-state index < -0.39 is 28.3 Å². The van der Waals surface area contributed by atoms with Crippen molar-refractivity contribution in [2.75, 3.05) is 7.05 Å². The van der Waals surface area contributed by atoms with E-state index in [1.807, 2.05) is 0 Å². The molecule has 1 nitrogen and oxygen atoms in total. The van der Waals surface area contributed by atoms with Crippen molar-refractivity contribution in [3.05, 3.63) is 0 Å². The highest BCUT2D eigenvalue weighted by Gasteiger charge is 2.84. The van der Waals surface area contributed by atoms with Gasteiger partial charge in [-0.05, 0) is 20.9 Å². The Balaban J connectivity index is 3.38. The predicted octanol–water partition coefficient (Wildman–Crippen LogP) is 2.57. The molecule has 1 fully saturated rings. The summed E-state index contributed by atoms with van der Waals surface area (Å²) in [6.45, 7) is 0.259. The molecule has 0 N–H and O–H groups in total. The van der Waals surface area contributed by atoms with Crippen molar-refractivity contribution in [1.82, 2.24) is 4.90 Å². The minimum atomic E-state index is -4.54. The second kappa shape index (κ2) is 2.37. The highest BCUT2D eigenvalue weighted by Crippen LogP contribution is 2.60. The summed E-state index contributed by atoms with van der Waals surface area (Å²) in [5.74, 6) is 0. The van der Waals surface area contributed by atoms with Crippen LogP contribution in [0.25, 0.3) is 0 Å². The van der Waals surface area contributed by atoms with Crippen LogP contribution in [0.4, 0.5) is 26.3 Å². The molecule has 0 aromatic rings. The van der Waals surface area contributed by atoms with Crippen molar-refractivity contribution in [3.63, 3.8) is 0 Å². The van der Waals surface area contributed by atoms with Crippen molar-refractivity contribution in [1.29, 1.82) is 0 Å². The fraction of sp³-hybridized carbons (Fsp3) is 1.00. The summed E-state index contributed by atoms with van der Waals surface area (Å²) < 4.78 is 78.3. The van der Waals surface area contributed by atoms with E-state index in [1.54, 1.807) is 0 Å². The van der Waals surface area contributed by atoms with E-state index in [4.69, 9.17) is 0 Å². The molecule has 2 atom stereocenters. The van der Waals surface area contributed by atoms with Crippen LogP contribution in [0, 0.1) is 0 Å². The molecule has 1 aliphatic rings. The van der Waals surface area contributed by atoms with Crippen LogP contribution in [0.3, 0.4) is 0 Å². The number of likely N-dealkylation sites (tertiary alicyclic amines) is 1. The van der Waals surface area contributed by atoms with Gasteiger partial charge in [0.15, 0.2) is 0 Å². The highest BCUT2D eigenvalue weighted by atomic mass is 19.3. The molecule has 0 aromatic heterocycles. The molecule has 0 spiro atoms. The molecule has 7 heteroatoms. The number of nitrogens with zero attached hydrogens (tertiary/aromatic N) is 1. The van der Waals surface area contributed by atoms with Gasteiger partial charge in [0.1, 0.15) is 0 Å². The molecular weight excluding hydrogens is 212 g/mol. The van der Waals surface area contributed by atoms with Gasteiger partial charge in [-0.15, -0.1) is 0 Å². The van der Waals surface area contributed by atoms with E-state index >= 15 is 0 Å². The summed E-state index contributed by atoms with van der Waals surface area (Å²) in [5, 5.41) is 0. The molecule has 84 valence electrons. The van der Waals surface area contributed by atoms with Gasteiger partial charge in [0.25, 0.3) is 0 Å². The Labute approximate surface area is 76.7 Å². The normalized spacial score (nSPS) is 46.9. The number of hydrogen-bond donors (Lipinski definition) is 0. The van der Waals surface area contributed by atoms with Crippen LogP contribution < -0.4 is 0 Å². The molecule has 0 aromatic carbocycles. The topological polar surface area (TPSA) is 3.24 Å². The first-order valence-corrected chi connectivity index (χ1v) is 3.78. The Morgan fingerprint density at radius 1 is 0.714 bits per heavy atom. The van der Waals surface area contributed by atoms with Crippen LogP contribution in [-0.2, 0) is 0 Å². The summed E-state index contributed by atoms with van der Waals surface area (Å²) in [4.78, 5) is -0.875. The van der Waals surface area contributed by atoms with Crippen LogP contribution in [0.15, 0.2) is 0 Å². The zero-order chi connectivity index (χ0) is 11.6. The van der Waals surface area contributed by atoms with E-state index in [9.17, 15) is 26.3 Å². The second-order valence-corrected chi connectivity index (χ2v) is 3.65. The molecule has 2 unspecified atom stereocenters. The van der Waals surface area contributed by atoms with Gasteiger partial charge >= 0.3 is 12.1 Å². The van der Waals surface area contributed by atoms with Crippen LogP contribution >= 0.6 is 0 Å². The van der Waals surface area contributed by atoms with Crippen molar-refractivity contribution >= 4 is 0 Å². The lowest BCUT2D eigenvalue weighted by atomic mass is 9.90.